The Bertz CT molecular complexity index is 107. The zero-order chi connectivity index (χ0) is 9.98. The predicted molar refractivity (Wildman–Crippen MR) is 77.5 cm³/mol. The van der Waals surface area contributed by atoms with Crippen LogP contribution in [-0.2, 0) is 0 Å². The maximum Gasteiger partial charge on any atom is 0.0442 e. The molecule has 0 spiro atoms. The summed E-state index contributed by atoms with van der Waals surface area (Å²) in [5, 5.41) is 0. The maximum absolute atomic E-state index is 5.27. The van der Waals surface area contributed by atoms with E-state index in [4.69, 9.17) is 23.2 Å². The van der Waals surface area contributed by atoms with E-state index < -0.39 is 0 Å². The number of halogens is 4. The zero-order valence-corrected chi connectivity index (χ0v) is 12.6. The third kappa shape index (κ3) is 14.1. The second-order valence-corrected chi connectivity index (χ2v) is 4.09. The van der Waals surface area contributed by atoms with Gasteiger partial charge in [-0.25, -0.2) is 0 Å². The van der Waals surface area contributed by atoms with Crippen LogP contribution in [0.2, 0.25) is 0 Å². The van der Waals surface area contributed by atoms with E-state index in [0.717, 1.165) is 14.4 Å². The first-order valence-electron chi connectivity index (χ1n) is 3.19. The van der Waals surface area contributed by atoms with E-state index in [1.54, 1.807) is 0 Å². The number of rotatable bonds is 4. The molecule has 0 rings (SSSR count). The van der Waals surface area contributed by atoms with E-state index >= 15 is 0 Å². The van der Waals surface area contributed by atoms with E-state index in [2.05, 4.69) is 58.3 Å². The van der Waals surface area contributed by atoms with Crippen LogP contribution in [-0.4, -0.2) is 20.6 Å². The molecule has 4 heteroatoms. The first-order chi connectivity index (χ1) is 5.62. The van der Waals surface area contributed by atoms with Gasteiger partial charge in [0.25, 0.3) is 0 Å². The summed E-state index contributed by atoms with van der Waals surface area (Å²) in [7, 11) is 0. The molecule has 0 amide bonds. The lowest BCUT2D eigenvalue weighted by Gasteiger charge is -1.86. The molecule has 0 heterocycles. The Kier molecular flexibility index (Phi) is 16.7. The SMILES string of the molecule is C=C(CCl)CCl.C=C(CI)CI. The highest BCUT2D eigenvalue weighted by Gasteiger charge is 1.82. The average molecular weight is 433 g/mol. The van der Waals surface area contributed by atoms with Gasteiger partial charge in [0.05, 0.1) is 0 Å². The summed E-state index contributed by atoms with van der Waals surface area (Å²) in [4.78, 5) is 0. The number of hydrogen-bond acceptors (Lipinski definition) is 0. The minimum absolute atomic E-state index is 0.476. The van der Waals surface area contributed by atoms with Gasteiger partial charge in [-0.2, -0.15) is 0 Å². The molecule has 0 aliphatic carbocycles. The van der Waals surface area contributed by atoms with Crippen LogP contribution in [0.15, 0.2) is 24.3 Å². The van der Waals surface area contributed by atoms with Crippen LogP contribution in [0.1, 0.15) is 0 Å². The van der Waals surface area contributed by atoms with Gasteiger partial charge >= 0.3 is 0 Å². The van der Waals surface area contributed by atoms with Crippen molar-refractivity contribution < 1.29 is 0 Å². The van der Waals surface area contributed by atoms with E-state index in [-0.39, 0.29) is 0 Å². The Morgan fingerprint density at radius 1 is 0.917 bits per heavy atom. The molecule has 0 saturated heterocycles. The Morgan fingerprint density at radius 3 is 1.25 bits per heavy atom. The highest BCUT2D eigenvalue weighted by molar-refractivity contribution is 14.1. The highest BCUT2D eigenvalue weighted by Crippen LogP contribution is 1.99. The molecule has 72 valence electrons. The molecule has 0 saturated carbocycles. The van der Waals surface area contributed by atoms with Gasteiger partial charge in [0.2, 0.25) is 0 Å². The van der Waals surface area contributed by atoms with Gasteiger partial charge in [0.1, 0.15) is 0 Å². The molecule has 12 heavy (non-hydrogen) atoms. The van der Waals surface area contributed by atoms with Crippen molar-refractivity contribution >= 4 is 68.4 Å². The van der Waals surface area contributed by atoms with E-state index in [1.807, 2.05) is 0 Å². The molecule has 0 N–H and O–H groups in total. The normalized spacial score (nSPS) is 8.33. The minimum Gasteiger partial charge on any atom is -0.122 e. The van der Waals surface area contributed by atoms with Gasteiger partial charge in [-0.3, -0.25) is 0 Å². The third-order valence-corrected chi connectivity index (χ3v) is 3.67. The number of allylic oxidation sites excluding steroid dienone is 2. The number of hydrogen-bond donors (Lipinski definition) is 0. The summed E-state index contributed by atoms with van der Waals surface area (Å²) in [6.07, 6.45) is 0. The third-order valence-electron chi connectivity index (χ3n) is 0.756. The quantitative estimate of drug-likeness (QED) is 0.350. The van der Waals surface area contributed by atoms with Crippen molar-refractivity contribution in [3.63, 3.8) is 0 Å². The second-order valence-electron chi connectivity index (χ2n) is 2.03. The molecule has 0 aliphatic heterocycles. The number of alkyl halides is 4. The summed E-state index contributed by atoms with van der Waals surface area (Å²) < 4.78 is 2.20. The van der Waals surface area contributed by atoms with Crippen LogP contribution in [0.4, 0.5) is 0 Å². The molecule has 0 aromatic rings. The van der Waals surface area contributed by atoms with Crippen molar-refractivity contribution in [3.05, 3.63) is 24.3 Å². The molecular formula is C8H12Cl2I2. The van der Waals surface area contributed by atoms with Gasteiger partial charge in [-0.05, 0) is 5.57 Å². The minimum atomic E-state index is 0.476. The molecule has 0 nitrogen and oxygen atoms in total. The molecule has 0 aromatic carbocycles. The van der Waals surface area contributed by atoms with Crippen LogP contribution < -0.4 is 0 Å². The molecule has 0 bridgehead atoms. The van der Waals surface area contributed by atoms with Gasteiger partial charge in [0.15, 0.2) is 0 Å². The van der Waals surface area contributed by atoms with Crippen molar-refractivity contribution in [1.29, 1.82) is 0 Å². The Hall–Kier alpha value is 1.52. The zero-order valence-electron chi connectivity index (χ0n) is 6.75. The van der Waals surface area contributed by atoms with Crippen molar-refractivity contribution in [2.45, 2.75) is 0 Å². The lowest BCUT2D eigenvalue weighted by molar-refractivity contribution is 1.44. The smallest absolute Gasteiger partial charge is 0.0442 e. The molecule has 0 aromatic heterocycles. The largest absolute Gasteiger partial charge is 0.122 e. The lowest BCUT2D eigenvalue weighted by atomic mass is 10.4. The van der Waals surface area contributed by atoms with Crippen LogP contribution in [0.3, 0.4) is 0 Å². The molecule has 0 atom stereocenters. The summed E-state index contributed by atoms with van der Waals surface area (Å²) >= 11 is 15.2. The fourth-order valence-electron chi connectivity index (χ4n) is 0.0714. The summed E-state index contributed by atoms with van der Waals surface area (Å²) in [5.74, 6) is 0.951. The van der Waals surface area contributed by atoms with E-state index in [0.29, 0.717) is 11.8 Å². The first-order valence-corrected chi connectivity index (χ1v) is 7.31. The monoisotopic (exact) mass is 432 g/mol. The van der Waals surface area contributed by atoms with Gasteiger partial charge < -0.3 is 0 Å². The van der Waals surface area contributed by atoms with Gasteiger partial charge in [-0.15, -0.1) is 23.2 Å². The summed E-state index contributed by atoms with van der Waals surface area (Å²) in [5.41, 5.74) is 2.19. The van der Waals surface area contributed by atoms with Gasteiger partial charge in [0, 0.05) is 20.6 Å². The molecular weight excluding hydrogens is 421 g/mol. The highest BCUT2D eigenvalue weighted by atomic mass is 127. The second kappa shape index (κ2) is 12.5. The van der Waals surface area contributed by atoms with Crippen molar-refractivity contribution in [3.8, 4) is 0 Å². The van der Waals surface area contributed by atoms with E-state index in [1.165, 1.54) is 5.57 Å². The standard InChI is InChI=1S/C4H6Cl2.C4H6I2/c2*1-4(2-5)3-6/h2*1-3H2. The van der Waals surface area contributed by atoms with Gasteiger partial charge in [-0.1, -0.05) is 63.9 Å². The van der Waals surface area contributed by atoms with Crippen molar-refractivity contribution in [1.82, 2.24) is 0 Å². The van der Waals surface area contributed by atoms with E-state index in [9.17, 15) is 0 Å². The van der Waals surface area contributed by atoms with Crippen LogP contribution in [0.25, 0.3) is 0 Å². The van der Waals surface area contributed by atoms with Crippen LogP contribution >= 0.6 is 68.4 Å². The lowest BCUT2D eigenvalue weighted by Crippen LogP contribution is -1.79. The fraction of sp³-hybridized carbons (Fsp3) is 0.500. The predicted octanol–water partition coefficient (Wildman–Crippen LogP) is 4.43. The Morgan fingerprint density at radius 2 is 1.25 bits per heavy atom. The average Bonchev–Trinajstić information content (AvgIpc) is 2.16. The fourth-order valence-corrected chi connectivity index (χ4v) is 1.93. The summed E-state index contributed by atoms with van der Waals surface area (Å²) in [6.45, 7) is 7.30. The van der Waals surface area contributed by atoms with Crippen molar-refractivity contribution in [2.24, 2.45) is 0 Å². The van der Waals surface area contributed by atoms with Crippen LogP contribution in [0, 0.1) is 0 Å². The van der Waals surface area contributed by atoms with Crippen LogP contribution in [0.5, 0.6) is 0 Å². The maximum atomic E-state index is 5.27. The van der Waals surface area contributed by atoms with Crippen molar-refractivity contribution in [2.75, 3.05) is 20.6 Å². The molecule has 0 radical (unpaired) electrons. The molecule has 0 unspecified atom stereocenters. The first kappa shape index (κ1) is 16.0. The summed E-state index contributed by atoms with van der Waals surface area (Å²) in [6, 6.07) is 0. The topological polar surface area (TPSA) is 0 Å². The molecule has 0 fully saturated rings. The molecule has 0 aliphatic rings. The Balaban J connectivity index is 0. The Labute approximate surface area is 112 Å².